The Balaban J connectivity index is 1.37. The quantitative estimate of drug-likeness (QED) is 0.567. The van der Waals surface area contributed by atoms with Crippen LogP contribution in [0.3, 0.4) is 0 Å². The van der Waals surface area contributed by atoms with E-state index in [0.717, 1.165) is 42.3 Å². The molecule has 1 atom stereocenters. The SMILES string of the molecule is O=C(c1c2c(nc3ccccc13)C(=O)N(C1CCCCC1)C2)N1CCC(c2ccccc2)C1. The first-order chi connectivity index (χ1) is 16.2. The van der Waals surface area contributed by atoms with Gasteiger partial charge in [0.1, 0.15) is 5.69 Å². The Hall–Kier alpha value is -3.21. The van der Waals surface area contributed by atoms with Gasteiger partial charge in [0, 0.05) is 42.5 Å². The van der Waals surface area contributed by atoms with Crippen LogP contribution in [-0.4, -0.2) is 45.7 Å². The lowest BCUT2D eigenvalue weighted by Gasteiger charge is -2.30. The number of nitrogens with zero attached hydrogens (tertiary/aromatic N) is 3. The van der Waals surface area contributed by atoms with Crippen LogP contribution in [0.2, 0.25) is 0 Å². The number of aromatic nitrogens is 1. The minimum absolute atomic E-state index is 0.000266. The van der Waals surface area contributed by atoms with Crippen LogP contribution in [0.4, 0.5) is 0 Å². The maximum atomic E-state index is 14.0. The van der Waals surface area contributed by atoms with E-state index in [9.17, 15) is 9.59 Å². The molecule has 1 saturated heterocycles. The number of amides is 2. The molecule has 0 radical (unpaired) electrons. The molecule has 1 aromatic heterocycles. The first kappa shape index (κ1) is 20.4. The molecule has 3 heterocycles. The number of hydrogen-bond donors (Lipinski definition) is 0. The Morgan fingerprint density at radius 3 is 2.48 bits per heavy atom. The van der Waals surface area contributed by atoms with Crippen molar-refractivity contribution in [3.8, 4) is 0 Å². The third kappa shape index (κ3) is 3.50. The normalized spacial score (nSPS) is 21.1. The summed E-state index contributed by atoms with van der Waals surface area (Å²) in [6.45, 7) is 1.96. The molecule has 1 saturated carbocycles. The third-order valence-electron chi connectivity index (χ3n) is 7.76. The van der Waals surface area contributed by atoms with E-state index in [2.05, 4.69) is 24.3 Å². The highest BCUT2D eigenvalue weighted by molar-refractivity contribution is 6.12. The summed E-state index contributed by atoms with van der Waals surface area (Å²) in [7, 11) is 0. The highest BCUT2D eigenvalue weighted by Crippen LogP contribution is 2.36. The Kier molecular flexibility index (Phi) is 5.12. The minimum atomic E-state index is 0.000266. The Labute approximate surface area is 194 Å². The molecule has 5 heteroatoms. The lowest BCUT2D eigenvalue weighted by Crippen LogP contribution is -2.37. The molecule has 2 amide bonds. The molecular formula is C28H29N3O2. The van der Waals surface area contributed by atoms with Gasteiger partial charge in [-0.2, -0.15) is 0 Å². The van der Waals surface area contributed by atoms with Crippen LogP contribution < -0.4 is 0 Å². The Morgan fingerprint density at radius 2 is 1.67 bits per heavy atom. The summed E-state index contributed by atoms with van der Waals surface area (Å²) in [4.78, 5) is 36.1. The van der Waals surface area contributed by atoms with E-state index in [1.165, 1.54) is 24.8 Å². The van der Waals surface area contributed by atoms with Crippen molar-refractivity contribution >= 4 is 22.7 Å². The predicted molar refractivity (Wildman–Crippen MR) is 128 cm³/mol. The highest BCUT2D eigenvalue weighted by atomic mass is 16.2. The van der Waals surface area contributed by atoms with Crippen molar-refractivity contribution in [3.63, 3.8) is 0 Å². The standard InChI is InChI=1S/C28H29N3O2/c32-27(30-16-15-20(17-30)19-9-3-1-4-10-19)25-22-13-7-8-14-24(22)29-26-23(25)18-31(28(26)33)21-11-5-2-6-12-21/h1,3-4,7-10,13-14,20-21H,2,5-6,11-12,15-18H2. The van der Waals surface area contributed by atoms with Gasteiger partial charge in [0.2, 0.25) is 0 Å². The van der Waals surface area contributed by atoms with Gasteiger partial charge in [-0.3, -0.25) is 9.59 Å². The summed E-state index contributed by atoms with van der Waals surface area (Å²) in [5.41, 5.74) is 4.03. The monoisotopic (exact) mass is 439 g/mol. The molecule has 3 aliphatic rings. The summed E-state index contributed by atoms with van der Waals surface area (Å²) in [5, 5.41) is 0.864. The largest absolute Gasteiger partial charge is 0.338 e. The number of hydrogen-bond acceptors (Lipinski definition) is 3. The maximum Gasteiger partial charge on any atom is 0.273 e. The van der Waals surface area contributed by atoms with Gasteiger partial charge in [0.25, 0.3) is 11.8 Å². The zero-order chi connectivity index (χ0) is 22.4. The zero-order valence-electron chi connectivity index (χ0n) is 18.9. The lowest BCUT2D eigenvalue weighted by molar-refractivity contribution is 0.0653. The fourth-order valence-electron chi connectivity index (χ4n) is 5.99. The molecule has 33 heavy (non-hydrogen) atoms. The Morgan fingerprint density at radius 1 is 0.909 bits per heavy atom. The second kappa shape index (κ2) is 8.29. The predicted octanol–water partition coefficient (Wildman–Crippen LogP) is 5.15. The average molecular weight is 440 g/mol. The number of benzene rings is 2. The average Bonchev–Trinajstić information content (AvgIpc) is 3.49. The molecule has 2 aromatic carbocycles. The number of fused-ring (bicyclic) bond motifs is 2. The first-order valence-corrected chi connectivity index (χ1v) is 12.3. The third-order valence-corrected chi connectivity index (χ3v) is 7.76. The highest BCUT2D eigenvalue weighted by Gasteiger charge is 2.39. The van der Waals surface area contributed by atoms with Crippen LogP contribution in [0.15, 0.2) is 54.6 Å². The van der Waals surface area contributed by atoms with Gasteiger partial charge in [0.15, 0.2) is 0 Å². The van der Waals surface area contributed by atoms with Crippen molar-refractivity contribution in [3.05, 3.63) is 77.0 Å². The molecular weight excluding hydrogens is 410 g/mol. The van der Waals surface area contributed by atoms with Crippen molar-refractivity contribution in [2.75, 3.05) is 13.1 Å². The lowest BCUT2D eigenvalue weighted by atomic mass is 9.94. The van der Waals surface area contributed by atoms with E-state index in [1.54, 1.807) is 0 Å². The number of carbonyl (C=O) groups is 2. The van der Waals surface area contributed by atoms with E-state index >= 15 is 0 Å². The second-order valence-corrected chi connectivity index (χ2v) is 9.70. The first-order valence-electron chi connectivity index (χ1n) is 12.3. The molecule has 6 rings (SSSR count). The Bertz CT molecular complexity index is 1220. The molecule has 1 aliphatic carbocycles. The van der Waals surface area contributed by atoms with Crippen LogP contribution >= 0.6 is 0 Å². The number of carbonyl (C=O) groups excluding carboxylic acids is 2. The van der Waals surface area contributed by atoms with Crippen LogP contribution in [0.1, 0.15) is 76.4 Å². The molecule has 5 nitrogen and oxygen atoms in total. The minimum Gasteiger partial charge on any atom is -0.338 e. The molecule has 1 unspecified atom stereocenters. The zero-order valence-corrected chi connectivity index (χ0v) is 18.9. The molecule has 2 fully saturated rings. The van der Waals surface area contributed by atoms with E-state index in [4.69, 9.17) is 4.98 Å². The molecule has 2 aliphatic heterocycles. The molecule has 168 valence electrons. The van der Waals surface area contributed by atoms with E-state index < -0.39 is 0 Å². The van der Waals surface area contributed by atoms with Gasteiger partial charge in [-0.25, -0.2) is 4.98 Å². The van der Waals surface area contributed by atoms with E-state index in [1.807, 2.05) is 40.1 Å². The van der Waals surface area contributed by atoms with Gasteiger partial charge >= 0.3 is 0 Å². The fourth-order valence-corrected chi connectivity index (χ4v) is 5.99. The van der Waals surface area contributed by atoms with Crippen molar-refractivity contribution in [1.82, 2.24) is 14.8 Å². The molecule has 0 N–H and O–H groups in total. The van der Waals surface area contributed by atoms with Gasteiger partial charge in [0.05, 0.1) is 11.1 Å². The van der Waals surface area contributed by atoms with Crippen LogP contribution in [0.5, 0.6) is 0 Å². The van der Waals surface area contributed by atoms with Crippen molar-refractivity contribution in [2.45, 2.75) is 57.0 Å². The summed E-state index contributed by atoms with van der Waals surface area (Å²) in [6, 6.07) is 18.5. The number of rotatable bonds is 3. The topological polar surface area (TPSA) is 53.5 Å². The number of likely N-dealkylation sites (tertiary alicyclic amines) is 1. The van der Waals surface area contributed by atoms with Gasteiger partial charge in [-0.05, 0) is 30.9 Å². The molecule has 3 aromatic rings. The van der Waals surface area contributed by atoms with Crippen LogP contribution in [-0.2, 0) is 6.54 Å². The fraction of sp³-hybridized carbons (Fsp3) is 0.393. The van der Waals surface area contributed by atoms with Crippen molar-refractivity contribution < 1.29 is 9.59 Å². The molecule has 0 bridgehead atoms. The summed E-state index contributed by atoms with van der Waals surface area (Å²) in [6.07, 6.45) is 6.64. The van der Waals surface area contributed by atoms with Gasteiger partial charge < -0.3 is 9.80 Å². The van der Waals surface area contributed by atoms with Crippen LogP contribution in [0.25, 0.3) is 10.9 Å². The van der Waals surface area contributed by atoms with Gasteiger partial charge in [-0.1, -0.05) is 67.8 Å². The van der Waals surface area contributed by atoms with Crippen LogP contribution in [0, 0.1) is 0 Å². The number of para-hydroxylation sites is 1. The number of pyridine rings is 1. The summed E-state index contributed by atoms with van der Waals surface area (Å²) < 4.78 is 0. The summed E-state index contributed by atoms with van der Waals surface area (Å²) in [5.74, 6) is 0.401. The summed E-state index contributed by atoms with van der Waals surface area (Å²) >= 11 is 0. The van der Waals surface area contributed by atoms with E-state index in [-0.39, 0.29) is 17.9 Å². The second-order valence-electron chi connectivity index (χ2n) is 9.70. The van der Waals surface area contributed by atoms with Gasteiger partial charge in [-0.15, -0.1) is 0 Å². The molecule has 0 spiro atoms. The smallest absolute Gasteiger partial charge is 0.273 e. The maximum absolute atomic E-state index is 14.0. The van der Waals surface area contributed by atoms with Crippen molar-refractivity contribution in [2.24, 2.45) is 0 Å². The van der Waals surface area contributed by atoms with E-state index in [0.29, 0.717) is 30.3 Å². The van der Waals surface area contributed by atoms with Crippen molar-refractivity contribution in [1.29, 1.82) is 0 Å².